The summed E-state index contributed by atoms with van der Waals surface area (Å²) in [6.45, 7) is 0. The van der Waals surface area contributed by atoms with Crippen molar-refractivity contribution in [3.8, 4) is 55.9 Å². The van der Waals surface area contributed by atoms with Gasteiger partial charge < -0.3 is 9.13 Å². The zero-order valence-electron chi connectivity index (χ0n) is 36.4. The van der Waals surface area contributed by atoms with Gasteiger partial charge in [-0.25, -0.2) is 0 Å². The molecule has 3 aromatic heterocycles. The quantitative estimate of drug-likeness (QED) is 0.173. The lowest BCUT2D eigenvalue weighted by molar-refractivity contribution is 0.794. The van der Waals surface area contributed by atoms with Gasteiger partial charge in [-0.1, -0.05) is 164 Å². The van der Waals surface area contributed by atoms with Crippen LogP contribution in [0.3, 0.4) is 0 Å². The van der Waals surface area contributed by atoms with Crippen molar-refractivity contribution in [1.82, 2.24) is 14.1 Å². The number of fused-ring (bicyclic) bond motifs is 18. The Kier molecular flexibility index (Phi) is 7.43. The normalized spacial score (nSPS) is 13.2. The lowest BCUT2D eigenvalue weighted by Gasteiger charge is -2.31. The van der Waals surface area contributed by atoms with Crippen LogP contribution in [0.5, 0.6) is 0 Å². The van der Waals surface area contributed by atoms with E-state index in [0.717, 1.165) is 11.4 Å². The molecule has 0 aliphatic heterocycles. The van der Waals surface area contributed by atoms with Crippen LogP contribution in [0, 0.1) is 0 Å². The number of hydrogen-bond acceptors (Lipinski definition) is 1. The average Bonchev–Trinajstić information content (AvgIpc) is 4.10. The Hall–Kier alpha value is -8.79. The third-order valence-corrected chi connectivity index (χ3v) is 15.0. The number of aromatic nitrogens is 3. The van der Waals surface area contributed by atoms with E-state index < -0.39 is 5.41 Å². The van der Waals surface area contributed by atoms with Crippen molar-refractivity contribution in [3.05, 3.63) is 259 Å². The van der Waals surface area contributed by atoms with Gasteiger partial charge in [-0.3, -0.25) is 4.98 Å². The zero-order valence-corrected chi connectivity index (χ0v) is 36.4. The first-order valence-corrected chi connectivity index (χ1v) is 23.2. The second kappa shape index (κ2) is 13.6. The Bertz CT molecular complexity index is 4160. The minimum absolute atomic E-state index is 0.413. The molecule has 3 heterocycles. The molecular weight excluding hydrogens is 811 g/mol. The van der Waals surface area contributed by atoms with Crippen LogP contribution in [0.2, 0.25) is 0 Å². The molecule has 0 bridgehead atoms. The molecule has 3 nitrogen and oxygen atoms in total. The molecule has 0 radical (unpaired) electrons. The Balaban J connectivity index is 0.885. The number of hydrogen-bond donors (Lipinski definition) is 0. The van der Waals surface area contributed by atoms with Gasteiger partial charge in [0.15, 0.2) is 0 Å². The van der Waals surface area contributed by atoms with Crippen molar-refractivity contribution in [3.63, 3.8) is 0 Å². The molecular formula is C64H39N3. The smallest absolute Gasteiger partial charge is 0.0725 e. The third-order valence-electron chi connectivity index (χ3n) is 15.0. The monoisotopic (exact) mass is 849 g/mol. The fourth-order valence-electron chi connectivity index (χ4n) is 12.3. The van der Waals surface area contributed by atoms with E-state index >= 15 is 0 Å². The molecule has 0 amide bonds. The maximum atomic E-state index is 4.48. The molecule has 0 saturated heterocycles. The van der Waals surface area contributed by atoms with Crippen molar-refractivity contribution in [2.75, 3.05) is 0 Å². The van der Waals surface area contributed by atoms with Gasteiger partial charge in [-0.05, 0) is 138 Å². The van der Waals surface area contributed by atoms with Gasteiger partial charge >= 0.3 is 0 Å². The molecule has 1 spiro atoms. The van der Waals surface area contributed by atoms with Crippen LogP contribution in [0.4, 0.5) is 0 Å². The molecule has 0 saturated carbocycles. The van der Waals surface area contributed by atoms with Crippen LogP contribution in [0.1, 0.15) is 22.3 Å². The number of rotatable bonds is 4. The molecule has 0 N–H and O–H groups in total. The molecule has 310 valence electrons. The lowest BCUT2D eigenvalue weighted by Crippen LogP contribution is -2.25. The van der Waals surface area contributed by atoms with E-state index in [1.54, 1.807) is 0 Å². The first-order chi connectivity index (χ1) is 33.3. The molecule has 0 atom stereocenters. The number of para-hydroxylation sites is 2. The van der Waals surface area contributed by atoms with Gasteiger partial charge in [-0.15, -0.1) is 0 Å². The SMILES string of the molecule is c1cncc(-n2c3ccccc3c3ccc(-c4ccc5c(c4)c4ccccc4n5-c4ccc(-c5cc6c(c7ccccc57)-c5ccccc5C65c6ccccc6-c6ccccc65)cc4)cc32)c1. The molecule has 15 rings (SSSR count). The van der Waals surface area contributed by atoms with Gasteiger partial charge in [0.25, 0.3) is 0 Å². The largest absolute Gasteiger partial charge is 0.309 e. The molecule has 0 fully saturated rings. The summed E-state index contributed by atoms with van der Waals surface area (Å²) in [5.74, 6) is 0. The highest BCUT2D eigenvalue weighted by Gasteiger charge is 2.52. The van der Waals surface area contributed by atoms with Gasteiger partial charge in [-0.2, -0.15) is 0 Å². The molecule has 0 unspecified atom stereocenters. The minimum atomic E-state index is -0.413. The fraction of sp³-hybridized carbons (Fsp3) is 0.0156. The van der Waals surface area contributed by atoms with E-state index in [2.05, 4.69) is 233 Å². The molecule has 2 aliphatic rings. The molecule has 3 heteroatoms. The van der Waals surface area contributed by atoms with E-state index in [4.69, 9.17) is 0 Å². The zero-order chi connectivity index (χ0) is 43.8. The summed E-state index contributed by atoms with van der Waals surface area (Å²) in [6.07, 6.45) is 3.78. The predicted octanol–water partition coefficient (Wildman–Crippen LogP) is 16.1. The standard InChI is InChI=1S/C64H39N3/c1-2-20-51-45(15-1)53(38-58-63(51)52-21-5-10-24-57(52)64(58)55-22-8-3-16-46(55)47-17-4-9-23-56(47)64)40-27-31-43(32-28-40)66-60-26-12-7-19-49(60)54-36-41(30-34-61(54)66)42-29-33-50-48-18-6-11-25-59(48)67(62(50)37-42)44-14-13-35-65-39-44/h1-39H. The van der Waals surface area contributed by atoms with Crippen molar-refractivity contribution < 1.29 is 0 Å². The van der Waals surface area contributed by atoms with Crippen molar-refractivity contribution >= 4 is 54.4 Å². The molecule has 10 aromatic carbocycles. The summed E-state index contributed by atoms with van der Waals surface area (Å²) in [7, 11) is 0. The van der Waals surface area contributed by atoms with Crippen molar-refractivity contribution in [2.45, 2.75) is 5.41 Å². The highest BCUT2D eigenvalue weighted by atomic mass is 15.0. The van der Waals surface area contributed by atoms with Crippen LogP contribution in [-0.2, 0) is 5.41 Å². The van der Waals surface area contributed by atoms with Crippen molar-refractivity contribution in [2.24, 2.45) is 0 Å². The van der Waals surface area contributed by atoms with Crippen LogP contribution < -0.4 is 0 Å². The summed E-state index contributed by atoms with van der Waals surface area (Å²) in [5.41, 5.74) is 22.1. The maximum Gasteiger partial charge on any atom is 0.0725 e. The first-order valence-electron chi connectivity index (χ1n) is 23.2. The van der Waals surface area contributed by atoms with E-state index in [1.807, 2.05) is 18.5 Å². The Labute approximate surface area is 387 Å². The maximum absolute atomic E-state index is 4.48. The van der Waals surface area contributed by atoms with Gasteiger partial charge in [0.2, 0.25) is 0 Å². The van der Waals surface area contributed by atoms with Gasteiger partial charge in [0, 0.05) is 33.4 Å². The third kappa shape index (κ3) is 4.87. The highest BCUT2D eigenvalue weighted by molar-refractivity contribution is 6.14. The predicted molar refractivity (Wildman–Crippen MR) is 278 cm³/mol. The molecule has 13 aromatic rings. The Morgan fingerprint density at radius 1 is 0.299 bits per heavy atom. The van der Waals surface area contributed by atoms with E-state index in [9.17, 15) is 0 Å². The van der Waals surface area contributed by atoms with Crippen molar-refractivity contribution in [1.29, 1.82) is 0 Å². The summed E-state index contributed by atoms with van der Waals surface area (Å²) < 4.78 is 4.77. The first kappa shape index (κ1) is 36.5. The van der Waals surface area contributed by atoms with Crippen LogP contribution in [-0.4, -0.2) is 14.1 Å². The number of nitrogens with zero attached hydrogens (tertiary/aromatic N) is 3. The topological polar surface area (TPSA) is 22.8 Å². The van der Waals surface area contributed by atoms with E-state index in [1.165, 1.54) is 121 Å². The van der Waals surface area contributed by atoms with E-state index in [0.29, 0.717) is 0 Å². The Morgan fingerprint density at radius 3 is 1.52 bits per heavy atom. The highest BCUT2D eigenvalue weighted by Crippen LogP contribution is 2.64. The summed E-state index contributed by atoms with van der Waals surface area (Å²) >= 11 is 0. The van der Waals surface area contributed by atoms with Crippen LogP contribution >= 0.6 is 0 Å². The van der Waals surface area contributed by atoms with E-state index in [-0.39, 0.29) is 0 Å². The van der Waals surface area contributed by atoms with Crippen LogP contribution in [0.15, 0.2) is 237 Å². The fourth-order valence-corrected chi connectivity index (χ4v) is 12.3. The Morgan fingerprint density at radius 2 is 0.821 bits per heavy atom. The average molecular weight is 850 g/mol. The minimum Gasteiger partial charge on any atom is -0.309 e. The summed E-state index contributed by atoms with van der Waals surface area (Å²) in [4.78, 5) is 4.48. The second-order valence-corrected chi connectivity index (χ2v) is 18.2. The summed E-state index contributed by atoms with van der Waals surface area (Å²) in [5, 5.41) is 7.50. The van der Waals surface area contributed by atoms with Gasteiger partial charge in [0.05, 0.1) is 39.4 Å². The summed E-state index contributed by atoms with van der Waals surface area (Å²) in [6, 6.07) is 83.6. The molecule has 67 heavy (non-hydrogen) atoms. The molecule has 2 aliphatic carbocycles. The lowest BCUT2D eigenvalue weighted by atomic mass is 9.70. The number of benzene rings is 10. The second-order valence-electron chi connectivity index (χ2n) is 18.2. The number of pyridine rings is 1. The van der Waals surface area contributed by atoms with Gasteiger partial charge in [0.1, 0.15) is 0 Å². The van der Waals surface area contributed by atoms with Crippen LogP contribution in [0.25, 0.3) is 110 Å².